The summed E-state index contributed by atoms with van der Waals surface area (Å²) in [6.45, 7) is 28.5. The van der Waals surface area contributed by atoms with Gasteiger partial charge in [0.2, 0.25) is 0 Å². The van der Waals surface area contributed by atoms with Crippen molar-refractivity contribution in [2.45, 2.75) is 423 Å². The molecule has 12 fully saturated rings. The highest BCUT2D eigenvalue weighted by atomic mass is 14.9. The van der Waals surface area contributed by atoms with E-state index >= 15 is 0 Å². The third kappa shape index (κ3) is 47.0. The average Bonchev–Trinajstić information content (AvgIpc) is 0.760. The Balaban J connectivity index is 0.000000223. The predicted molar refractivity (Wildman–Crippen MR) is 471 cm³/mol. The van der Waals surface area contributed by atoms with Gasteiger partial charge in [-0.3, -0.25) is 0 Å². The van der Waals surface area contributed by atoms with E-state index in [1.165, 1.54) is 212 Å². The Morgan fingerprint density at radius 3 is 0.661 bits per heavy atom. The van der Waals surface area contributed by atoms with Gasteiger partial charge < -0.3 is 0 Å². The molecule has 20 nitrogen and oxygen atoms in total. The Hall–Kier alpha value is -6.20. The number of unbranched alkanes of at least 4 members (excludes halogenated alkanes) is 9. The Labute approximate surface area is 680 Å². The molecule has 0 N–H and O–H groups in total. The minimum Gasteiger partial charge on any atom is -0.226 e. The van der Waals surface area contributed by atoms with Gasteiger partial charge in [-0.2, -0.15) is 0 Å². The summed E-state index contributed by atoms with van der Waals surface area (Å²) < 4.78 is 0. The zero-order valence-electron chi connectivity index (χ0n) is 72.5. The molecule has 622 valence electrons. The van der Waals surface area contributed by atoms with Crippen LogP contribution in [0.4, 0.5) is 0 Å². The van der Waals surface area contributed by atoms with Gasteiger partial charge in [0.05, 0.1) is 118 Å². The summed E-state index contributed by atoms with van der Waals surface area (Å²) in [6.07, 6.45) is 57.8. The summed E-state index contributed by atoms with van der Waals surface area (Å²) in [6, 6.07) is 31.2. The van der Waals surface area contributed by atoms with Crippen LogP contribution < -0.4 is 0 Å². The van der Waals surface area contributed by atoms with Crippen molar-refractivity contribution in [1.82, 2.24) is 0 Å². The zero-order chi connectivity index (χ0) is 79.7. The first kappa shape index (κ1) is 94.7. The van der Waals surface area contributed by atoms with E-state index < -0.39 is 0 Å². The zero-order valence-corrected chi connectivity index (χ0v) is 72.5. The van der Waals surface area contributed by atoms with Crippen LogP contribution in [0.25, 0.3) is 0 Å². The molecule has 0 radical (unpaired) electrons. The first-order chi connectivity index (χ1) is 54.4. The minimum atomic E-state index is -0.0788. The SMILES string of the molecule is C(=NCCCCCN=C=NC12CC3CC(CC(C3)C1)C2)=NC12CC3CC(CC(C3)C1)C2.C(=NCCCCCN=C=NC1CCCCC1)=NC1CCCCC1.C(=NCCCCN=C=NC1CCCCC1)=NC1CCCCC1.CC(C)(C)N=C=NCCCCCN=C=NC(C)(C)C.CC(C)N=C=NCCCCCN=C=NC(C)C. The lowest BCUT2D eigenvalue weighted by molar-refractivity contribution is 0.00181. The van der Waals surface area contributed by atoms with Crippen LogP contribution in [0.15, 0.2) is 99.8 Å². The van der Waals surface area contributed by atoms with Gasteiger partial charge in [-0.15, -0.1) is 0 Å². The van der Waals surface area contributed by atoms with Crippen molar-refractivity contribution in [3.8, 4) is 0 Å². The summed E-state index contributed by atoms with van der Waals surface area (Å²) in [5.41, 5.74) is 0.293. The first-order valence-electron chi connectivity index (χ1n) is 45.6. The molecule has 0 atom stereocenters. The summed E-state index contributed by atoms with van der Waals surface area (Å²) in [4.78, 5) is 86.5. The van der Waals surface area contributed by atoms with Crippen LogP contribution in [-0.4, -0.2) is 184 Å². The smallest absolute Gasteiger partial charge is 0.0898 e. The quantitative estimate of drug-likeness (QED) is 0.0416. The number of hydrogen-bond donors (Lipinski definition) is 0. The molecule has 12 rings (SSSR count). The number of nitrogens with zero attached hydrogens (tertiary/aromatic N) is 20. The van der Waals surface area contributed by atoms with Crippen molar-refractivity contribution < 1.29 is 0 Å². The molecule has 0 saturated heterocycles. The van der Waals surface area contributed by atoms with E-state index in [2.05, 4.69) is 150 Å². The molecular formula is C92H154N20. The van der Waals surface area contributed by atoms with Crippen LogP contribution in [0, 0.1) is 35.5 Å². The topological polar surface area (TPSA) is 247 Å². The van der Waals surface area contributed by atoms with Crippen molar-refractivity contribution in [3.05, 3.63) is 0 Å². The summed E-state index contributed by atoms with van der Waals surface area (Å²) in [5, 5.41) is 0. The van der Waals surface area contributed by atoms with Crippen LogP contribution in [0.3, 0.4) is 0 Å². The minimum absolute atomic E-state index is 0.0788. The molecule has 0 aromatic carbocycles. The van der Waals surface area contributed by atoms with Crippen molar-refractivity contribution in [1.29, 1.82) is 0 Å². The normalized spacial score (nSPS) is 24.0. The highest BCUT2D eigenvalue weighted by Gasteiger charge is 2.52. The van der Waals surface area contributed by atoms with Gasteiger partial charge >= 0.3 is 0 Å². The second kappa shape index (κ2) is 57.8. The molecular weight excluding hydrogens is 1390 g/mol. The maximum Gasteiger partial charge on any atom is 0.0898 e. The molecule has 0 aliphatic heterocycles. The highest BCUT2D eigenvalue weighted by Crippen LogP contribution is 2.58. The molecule has 0 unspecified atom stereocenters. The van der Waals surface area contributed by atoms with Crippen LogP contribution in [0.5, 0.6) is 0 Å². The fraction of sp³-hybridized carbons (Fsp3) is 0.891. The number of rotatable bonds is 37. The van der Waals surface area contributed by atoms with Gasteiger partial charge in [-0.25, -0.2) is 99.8 Å². The summed E-state index contributed by atoms with van der Waals surface area (Å²) in [5.74, 6) is 5.69. The first-order valence-corrected chi connectivity index (χ1v) is 45.6. The van der Waals surface area contributed by atoms with E-state index in [4.69, 9.17) is 9.98 Å². The largest absolute Gasteiger partial charge is 0.226 e. The van der Waals surface area contributed by atoms with E-state index in [0.29, 0.717) is 24.2 Å². The number of hydrogen-bond acceptors (Lipinski definition) is 20. The van der Waals surface area contributed by atoms with E-state index in [1.807, 2.05) is 69.2 Å². The summed E-state index contributed by atoms with van der Waals surface area (Å²) >= 11 is 0. The Bertz CT molecular complexity index is 2970. The maximum absolute atomic E-state index is 4.89. The predicted octanol–water partition coefficient (Wildman–Crippen LogP) is 23.8. The Morgan fingerprint density at radius 2 is 0.446 bits per heavy atom. The number of aliphatic imine (C=N–C) groups is 20. The Morgan fingerprint density at radius 1 is 0.250 bits per heavy atom. The lowest BCUT2D eigenvalue weighted by Gasteiger charge is -2.54. The van der Waals surface area contributed by atoms with Gasteiger partial charge in [0.1, 0.15) is 0 Å². The highest BCUT2D eigenvalue weighted by molar-refractivity contribution is 5.46. The van der Waals surface area contributed by atoms with Crippen LogP contribution in [0.2, 0.25) is 0 Å². The summed E-state index contributed by atoms with van der Waals surface area (Å²) in [7, 11) is 0. The molecule has 8 bridgehead atoms. The van der Waals surface area contributed by atoms with Crippen LogP contribution in [-0.2, 0) is 0 Å². The lowest BCUT2D eigenvalue weighted by Crippen LogP contribution is -2.49. The van der Waals surface area contributed by atoms with E-state index in [-0.39, 0.29) is 34.2 Å². The molecule has 0 aromatic heterocycles. The van der Waals surface area contributed by atoms with Crippen molar-refractivity contribution in [2.24, 2.45) is 135 Å². The average molecular weight is 1540 g/mol. The fourth-order valence-electron chi connectivity index (χ4n) is 17.8. The van der Waals surface area contributed by atoms with Crippen LogP contribution in [0.1, 0.15) is 365 Å². The van der Waals surface area contributed by atoms with E-state index in [9.17, 15) is 0 Å². The van der Waals surface area contributed by atoms with Crippen LogP contribution >= 0.6 is 0 Å². The third-order valence-electron chi connectivity index (χ3n) is 22.9. The van der Waals surface area contributed by atoms with Crippen molar-refractivity contribution in [3.63, 3.8) is 0 Å². The lowest BCUT2D eigenvalue weighted by atomic mass is 9.53. The van der Waals surface area contributed by atoms with Crippen molar-refractivity contribution in [2.75, 3.05) is 65.4 Å². The van der Waals surface area contributed by atoms with Gasteiger partial charge in [0.25, 0.3) is 0 Å². The van der Waals surface area contributed by atoms with E-state index in [0.717, 1.165) is 184 Å². The molecule has 20 heteroatoms. The molecule has 0 heterocycles. The molecule has 0 aromatic rings. The molecule has 112 heavy (non-hydrogen) atoms. The second-order valence-electron chi connectivity index (χ2n) is 37.0. The second-order valence-corrected chi connectivity index (χ2v) is 37.0. The van der Waals surface area contributed by atoms with Crippen molar-refractivity contribution >= 4 is 60.1 Å². The Kier molecular flexibility index (Phi) is 48.8. The molecule has 12 aliphatic carbocycles. The maximum atomic E-state index is 4.89. The van der Waals surface area contributed by atoms with Gasteiger partial charge in [0, 0.05) is 65.4 Å². The molecule has 0 spiro atoms. The van der Waals surface area contributed by atoms with Gasteiger partial charge in [-0.05, 0) is 323 Å². The standard InChI is InChI=1S/C27H40N4.C19H32N4.C18H30N4.C15H28N4.C13H24N4/c1(2-4-28-18-30-26-12-20-6-21(13-26)8-22(7-20)14-26)3-5-29-19-31-27-15-23-9-24(16-27)11-25(10-23)17-27;1-4-10-18(11-5-1)22-16-20-14-8-3-9-15-21-17-23-19-12-6-2-7-13-19;1-3-9-17(10-4-1)21-15-19-13-7-8-14-20-16-22-18-11-5-2-6-12-18;1-14(2,3)18-12-16-10-8-7-9-11-17-13-19-15(4,5)6;1-12(2)16-10-14-8-6-5-7-9-15-11-17-13(3)4/h20-25H,1-17H2;18-19H,1-15H2;17-18H,1-14H2;7-11H2,1-6H3;12-13H,5-9H2,1-4H3. The monoisotopic (exact) mass is 1540 g/mol. The third-order valence-corrected chi connectivity index (χ3v) is 22.9. The van der Waals surface area contributed by atoms with E-state index in [1.54, 1.807) is 0 Å². The molecule has 12 aliphatic rings. The van der Waals surface area contributed by atoms with Gasteiger partial charge in [-0.1, -0.05) is 77.0 Å². The van der Waals surface area contributed by atoms with Gasteiger partial charge in [0.15, 0.2) is 0 Å². The molecule has 0 amide bonds. The fourth-order valence-corrected chi connectivity index (χ4v) is 17.8. The molecule has 12 saturated carbocycles.